The molecule has 0 fully saturated rings. The van der Waals surface area contributed by atoms with E-state index in [2.05, 4.69) is 22.2 Å². The molecule has 0 saturated heterocycles. The fourth-order valence-corrected chi connectivity index (χ4v) is 3.55. The third kappa shape index (κ3) is 2.12. The maximum absolute atomic E-state index is 12.3. The van der Waals surface area contributed by atoms with Gasteiger partial charge in [0, 0.05) is 6.04 Å². The van der Waals surface area contributed by atoms with Gasteiger partial charge in [0.2, 0.25) is 0 Å². The molecule has 1 aliphatic rings. The molecule has 1 atom stereocenters. The van der Waals surface area contributed by atoms with E-state index in [0.717, 1.165) is 22.0 Å². The van der Waals surface area contributed by atoms with Crippen LogP contribution in [0.4, 0.5) is 5.82 Å². The number of hydrogen-bond acceptors (Lipinski definition) is 3. The second kappa shape index (κ2) is 4.98. The van der Waals surface area contributed by atoms with Crippen LogP contribution >= 0.6 is 11.8 Å². The molecule has 5 heteroatoms. The van der Waals surface area contributed by atoms with E-state index in [0.29, 0.717) is 0 Å². The van der Waals surface area contributed by atoms with Crippen molar-refractivity contribution in [3.63, 3.8) is 0 Å². The highest BCUT2D eigenvalue weighted by Crippen LogP contribution is 2.43. The van der Waals surface area contributed by atoms with Crippen LogP contribution in [0.25, 0.3) is 0 Å². The molecule has 0 aliphatic carbocycles. The Hall–Kier alpha value is -1.75. The van der Waals surface area contributed by atoms with Gasteiger partial charge in [0.15, 0.2) is 5.82 Å². The first-order chi connectivity index (χ1) is 9.58. The fraction of sp³-hybridized carbons (Fsp3) is 0.333. The van der Waals surface area contributed by atoms with Crippen LogP contribution in [-0.4, -0.2) is 14.8 Å². The lowest BCUT2D eigenvalue weighted by Crippen LogP contribution is -2.13. The number of benzene rings is 1. The topological polar surface area (TPSA) is 50.1 Å². The number of fused-ring (bicyclic) bond motifs is 1. The molecule has 1 aromatic heterocycles. The Morgan fingerprint density at radius 3 is 2.65 bits per heavy atom. The zero-order valence-electron chi connectivity index (χ0n) is 11.8. The van der Waals surface area contributed by atoms with Crippen molar-refractivity contribution in [1.29, 1.82) is 0 Å². The molecule has 0 amide bonds. The van der Waals surface area contributed by atoms with Crippen molar-refractivity contribution < 1.29 is 0 Å². The molecule has 2 heterocycles. The molecular formula is C15H17N3OS. The molecule has 1 aromatic carbocycles. The zero-order valence-corrected chi connectivity index (χ0v) is 12.6. The molecule has 0 unspecified atom stereocenters. The highest BCUT2D eigenvalue weighted by atomic mass is 32.2. The third-order valence-electron chi connectivity index (χ3n) is 3.37. The van der Waals surface area contributed by atoms with E-state index in [1.807, 2.05) is 43.7 Å². The summed E-state index contributed by atoms with van der Waals surface area (Å²) >= 11 is 1.64. The molecule has 20 heavy (non-hydrogen) atoms. The van der Waals surface area contributed by atoms with Crippen LogP contribution in [0.15, 0.2) is 40.1 Å². The summed E-state index contributed by atoms with van der Waals surface area (Å²) < 4.78 is 1.86. The zero-order chi connectivity index (χ0) is 14.3. The Morgan fingerprint density at radius 1 is 1.30 bits per heavy atom. The number of aromatic nitrogens is 2. The summed E-state index contributed by atoms with van der Waals surface area (Å²) in [4.78, 5) is 16.9. The summed E-state index contributed by atoms with van der Waals surface area (Å²) in [5.41, 5.74) is 1.87. The number of rotatable bonds is 2. The number of nitrogens with one attached hydrogen (secondary N) is 1. The number of thioether (sulfide) groups is 1. The first kappa shape index (κ1) is 13.2. The van der Waals surface area contributed by atoms with Crippen LogP contribution in [0.3, 0.4) is 0 Å². The quantitative estimate of drug-likeness (QED) is 0.916. The molecule has 4 nitrogen and oxygen atoms in total. The minimum absolute atomic E-state index is 0.0208. The van der Waals surface area contributed by atoms with Crippen LogP contribution in [0.1, 0.15) is 43.2 Å². The summed E-state index contributed by atoms with van der Waals surface area (Å²) in [7, 11) is 0. The number of aromatic amines is 1. The third-order valence-corrected chi connectivity index (χ3v) is 4.54. The average molecular weight is 287 g/mol. The van der Waals surface area contributed by atoms with Gasteiger partial charge in [-0.15, -0.1) is 0 Å². The second-order valence-electron chi connectivity index (χ2n) is 5.18. The van der Waals surface area contributed by atoms with E-state index in [4.69, 9.17) is 0 Å². The normalized spacial score (nSPS) is 18.0. The van der Waals surface area contributed by atoms with E-state index in [1.165, 1.54) is 0 Å². The molecule has 3 rings (SSSR count). The van der Waals surface area contributed by atoms with Crippen molar-refractivity contribution in [2.45, 2.75) is 32.1 Å². The SMILES string of the molecule is CC1=Nc2c(c(=O)[nH]n2C(C)C)[C@@H](c2ccccc2)S1. The summed E-state index contributed by atoms with van der Waals surface area (Å²) in [6.45, 7) is 6.08. The Bertz CT molecular complexity index is 712. The summed E-state index contributed by atoms with van der Waals surface area (Å²) in [6, 6.07) is 10.3. The number of aliphatic imine (C=N–C) groups is 1. The van der Waals surface area contributed by atoms with Crippen molar-refractivity contribution in [3.8, 4) is 0 Å². The largest absolute Gasteiger partial charge is 0.271 e. The van der Waals surface area contributed by atoms with Gasteiger partial charge in [0.1, 0.15) is 0 Å². The van der Waals surface area contributed by atoms with Crippen molar-refractivity contribution in [2.24, 2.45) is 4.99 Å². The number of H-pyrrole nitrogens is 1. The molecule has 0 bridgehead atoms. The predicted octanol–water partition coefficient (Wildman–Crippen LogP) is 3.64. The molecule has 0 spiro atoms. The minimum Gasteiger partial charge on any atom is -0.268 e. The smallest absolute Gasteiger partial charge is 0.268 e. The average Bonchev–Trinajstić information content (AvgIpc) is 2.76. The van der Waals surface area contributed by atoms with Crippen molar-refractivity contribution >= 4 is 22.6 Å². The van der Waals surface area contributed by atoms with E-state index in [1.54, 1.807) is 11.8 Å². The van der Waals surface area contributed by atoms with Crippen LogP contribution in [0.5, 0.6) is 0 Å². The van der Waals surface area contributed by atoms with Gasteiger partial charge in [-0.3, -0.25) is 14.6 Å². The Balaban J connectivity index is 2.20. The summed E-state index contributed by atoms with van der Waals surface area (Å²) in [5, 5.41) is 3.92. The molecule has 1 aliphatic heterocycles. The maximum atomic E-state index is 12.3. The van der Waals surface area contributed by atoms with Crippen molar-refractivity contribution in [2.75, 3.05) is 0 Å². The van der Waals surface area contributed by atoms with Crippen molar-refractivity contribution in [3.05, 3.63) is 51.8 Å². The molecule has 1 N–H and O–H groups in total. The van der Waals surface area contributed by atoms with Crippen LogP contribution < -0.4 is 5.56 Å². The van der Waals surface area contributed by atoms with Gasteiger partial charge in [0.05, 0.1) is 15.9 Å². The highest BCUT2D eigenvalue weighted by molar-refractivity contribution is 8.14. The Kier molecular flexibility index (Phi) is 3.30. The maximum Gasteiger partial charge on any atom is 0.271 e. The number of hydrogen-bond donors (Lipinski definition) is 1. The first-order valence-corrected chi connectivity index (χ1v) is 7.57. The lowest BCUT2D eigenvalue weighted by atomic mass is 10.1. The Labute approximate surface area is 121 Å². The predicted molar refractivity (Wildman–Crippen MR) is 84.1 cm³/mol. The molecular weight excluding hydrogens is 270 g/mol. The van der Waals surface area contributed by atoms with Crippen LogP contribution in [-0.2, 0) is 0 Å². The van der Waals surface area contributed by atoms with Gasteiger partial charge >= 0.3 is 0 Å². The van der Waals surface area contributed by atoms with Gasteiger partial charge in [-0.05, 0) is 26.3 Å². The second-order valence-corrected chi connectivity index (χ2v) is 6.48. The van der Waals surface area contributed by atoms with Crippen LogP contribution in [0.2, 0.25) is 0 Å². The van der Waals surface area contributed by atoms with Crippen LogP contribution in [0, 0.1) is 0 Å². The molecule has 0 radical (unpaired) electrons. The van der Waals surface area contributed by atoms with E-state index < -0.39 is 0 Å². The van der Waals surface area contributed by atoms with Crippen molar-refractivity contribution in [1.82, 2.24) is 9.78 Å². The van der Waals surface area contributed by atoms with Gasteiger partial charge in [0.25, 0.3) is 5.56 Å². The summed E-state index contributed by atoms with van der Waals surface area (Å²) in [5.74, 6) is 0.773. The summed E-state index contributed by atoms with van der Waals surface area (Å²) in [6.07, 6.45) is 0. The van der Waals surface area contributed by atoms with Gasteiger partial charge in [-0.2, -0.15) is 0 Å². The van der Waals surface area contributed by atoms with Gasteiger partial charge in [-0.1, -0.05) is 42.1 Å². The van der Waals surface area contributed by atoms with Gasteiger partial charge < -0.3 is 0 Å². The monoisotopic (exact) mass is 287 g/mol. The lowest BCUT2D eigenvalue weighted by Gasteiger charge is -2.21. The fourth-order valence-electron chi connectivity index (χ4n) is 2.45. The minimum atomic E-state index is -0.0358. The van der Waals surface area contributed by atoms with E-state index >= 15 is 0 Å². The van der Waals surface area contributed by atoms with Gasteiger partial charge in [-0.25, -0.2) is 4.99 Å². The van der Waals surface area contributed by atoms with E-state index in [9.17, 15) is 4.79 Å². The standard InChI is InChI=1S/C15H17N3OS/c1-9(2)18-14-12(15(19)17-18)13(20-10(3)16-14)11-7-5-4-6-8-11/h4-9,13H,1-3H3,(H,17,19)/t13-/m1/s1. The molecule has 104 valence electrons. The first-order valence-electron chi connectivity index (χ1n) is 6.69. The Morgan fingerprint density at radius 2 is 2.00 bits per heavy atom. The highest BCUT2D eigenvalue weighted by Gasteiger charge is 2.30. The molecule has 2 aromatic rings. The van der Waals surface area contributed by atoms with E-state index in [-0.39, 0.29) is 16.9 Å². The lowest BCUT2D eigenvalue weighted by molar-refractivity contribution is 0.533. The number of nitrogens with zero attached hydrogens (tertiary/aromatic N) is 2. The molecule has 0 saturated carbocycles.